The van der Waals surface area contributed by atoms with Gasteiger partial charge in [0.2, 0.25) is 0 Å². The molecular weight excluding hydrogens is 657 g/mol. The van der Waals surface area contributed by atoms with Crippen molar-refractivity contribution >= 4 is 38.4 Å². The van der Waals surface area contributed by atoms with Crippen LogP contribution in [-0.4, -0.2) is 9.97 Å². The van der Waals surface area contributed by atoms with Crippen LogP contribution in [0.5, 0.6) is 0 Å². The van der Waals surface area contributed by atoms with Crippen molar-refractivity contribution in [1.29, 1.82) is 0 Å². The maximum absolute atomic E-state index is 6.40. The third kappa shape index (κ3) is 3.91. The van der Waals surface area contributed by atoms with Gasteiger partial charge in [0, 0.05) is 33.2 Å². The summed E-state index contributed by atoms with van der Waals surface area (Å²) in [6.45, 7) is 0. The zero-order valence-corrected chi connectivity index (χ0v) is 29.3. The molecule has 1 unspecified atom stereocenters. The molecule has 3 heteroatoms. The maximum atomic E-state index is 6.40. The van der Waals surface area contributed by atoms with Crippen molar-refractivity contribution in [2.45, 2.75) is 17.8 Å². The molecule has 3 nitrogen and oxygen atoms in total. The first-order valence-electron chi connectivity index (χ1n) is 18.8. The Bertz CT molecular complexity index is 3040. The monoisotopic (exact) mass is 688 g/mol. The highest BCUT2D eigenvalue weighted by Crippen LogP contribution is 2.65. The van der Waals surface area contributed by atoms with Crippen molar-refractivity contribution in [3.8, 4) is 33.5 Å². The summed E-state index contributed by atoms with van der Waals surface area (Å²) in [7, 11) is 0. The summed E-state index contributed by atoms with van der Waals surface area (Å²) in [5.41, 5.74) is 17.2. The SMILES string of the molecule is C1=CC2=C(C(c3nc(-c4ccc(-c5cccc6c5oc5ccccc56)cc4)c4ccccc4n3)C1)C1(c3ccccc32)c2ccccc2-c2ccccc21. The van der Waals surface area contributed by atoms with E-state index in [4.69, 9.17) is 14.4 Å². The molecule has 0 saturated carbocycles. The van der Waals surface area contributed by atoms with Crippen molar-refractivity contribution in [2.24, 2.45) is 0 Å². The van der Waals surface area contributed by atoms with Crippen LogP contribution < -0.4 is 0 Å². The first-order valence-corrected chi connectivity index (χ1v) is 18.8. The molecule has 1 spiro atoms. The van der Waals surface area contributed by atoms with Gasteiger partial charge in [-0.15, -0.1) is 0 Å². The topological polar surface area (TPSA) is 38.9 Å². The Hall–Kier alpha value is -6.84. The van der Waals surface area contributed by atoms with Gasteiger partial charge in [0.05, 0.1) is 16.6 Å². The number of benzene rings is 7. The quantitative estimate of drug-likeness (QED) is 0.185. The van der Waals surface area contributed by atoms with Crippen molar-refractivity contribution in [3.63, 3.8) is 0 Å². The van der Waals surface area contributed by atoms with Gasteiger partial charge < -0.3 is 4.42 Å². The molecule has 252 valence electrons. The molecule has 0 bridgehead atoms. The van der Waals surface area contributed by atoms with E-state index in [0.717, 1.165) is 67.5 Å². The Balaban J connectivity index is 1.04. The zero-order valence-electron chi connectivity index (χ0n) is 29.3. The number of rotatable bonds is 3. The molecule has 0 amide bonds. The van der Waals surface area contributed by atoms with Crippen LogP contribution in [-0.2, 0) is 5.41 Å². The molecule has 0 radical (unpaired) electrons. The number of aromatic nitrogens is 2. The second-order valence-electron chi connectivity index (χ2n) is 14.7. The summed E-state index contributed by atoms with van der Waals surface area (Å²) in [4.78, 5) is 11.0. The van der Waals surface area contributed by atoms with E-state index in [1.807, 2.05) is 12.1 Å². The molecule has 3 aliphatic carbocycles. The molecule has 2 aromatic heterocycles. The lowest BCUT2D eigenvalue weighted by Crippen LogP contribution is -2.31. The average molecular weight is 689 g/mol. The summed E-state index contributed by atoms with van der Waals surface area (Å²) in [6.07, 6.45) is 5.51. The Morgan fingerprint density at radius 1 is 0.500 bits per heavy atom. The summed E-state index contributed by atoms with van der Waals surface area (Å²) in [5.74, 6) is 0.843. The van der Waals surface area contributed by atoms with E-state index in [1.54, 1.807) is 0 Å². The minimum atomic E-state index is -0.428. The molecule has 9 aromatic rings. The van der Waals surface area contributed by atoms with Crippen LogP contribution >= 0.6 is 0 Å². The van der Waals surface area contributed by atoms with E-state index in [2.05, 4.69) is 164 Å². The zero-order chi connectivity index (χ0) is 35.4. The highest BCUT2D eigenvalue weighted by Gasteiger charge is 2.55. The van der Waals surface area contributed by atoms with E-state index in [-0.39, 0.29) is 5.92 Å². The van der Waals surface area contributed by atoms with Crippen LogP contribution in [0.1, 0.15) is 40.4 Å². The number of hydrogen-bond donors (Lipinski definition) is 0. The Kier molecular flexibility index (Phi) is 6.10. The number of hydrogen-bond acceptors (Lipinski definition) is 3. The van der Waals surface area contributed by atoms with Gasteiger partial charge in [0.15, 0.2) is 0 Å². The second-order valence-corrected chi connectivity index (χ2v) is 14.7. The lowest BCUT2D eigenvalue weighted by Gasteiger charge is -2.37. The van der Waals surface area contributed by atoms with Crippen molar-refractivity contribution in [3.05, 3.63) is 210 Å². The number of furan rings is 1. The van der Waals surface area contributed by atoms with Crippen LogP contribution in [0.4, 0.5) is 0 Å². The first-order chi connectivity index (χ1) is 26.8. The van der Waals surface area contributed by atoms with Gasteiger partial charge in [-0.05, 0) is 68.6 Å². The number of allylic oxidation sites excluding steroid dienone is 4. The van der Waals surface area contributed by atoms with E-state index >= 15 is 0 Å². The van der Waals surface area contributed by atoms with Crippen molar-refractivity contribution < 1.29 is 4.42 Å². The minimum absolute atomic E-state index is 0.0232. The molecule has 0 aliphatic heterocycles. The van der Waals surface area contributed by atoms with Gasteiger partial charge in [-0.1, -0.05) is 164 Å². The Morgan fingerprint density at radius 3 is 1.87 bits per heavy atom. The van der Waals surface area contributed by atoms with Crippen molar-refractivity contribution in [2.75, 3.05) is 0 Å². The third-order valence-corrected chi connectivity index (χ3v) is 12.1. The van der Waals surface area contributed by atoms with Crippen LogP contribution in [0, 0.1) is 0 Å². The normalized spacial score (nSPS) is 16.3. The molecule has 7 aromatic carbocycles. The van der Waals surface area contributed by atoms with Crippen LogP contribution in [0.15, 0.2) is 186 Å². The van der Waals surface area contributed by atoms with Gasteiger partial charge in [-0.25, -0.2) is 9.97 Å². The van der Waals surface area contributed by atoms with E-state index in [1.165, 1.54) is 44.5 Å². The smallest absolute Gasteiger partial charge is 0.143 e. The molecule has 3 aliphatic rings. The average Bonchev–Trinajstić information content (AvgIpc) is 3.88. The second kappa shape index (κ2) is 11.1. The van der Waals surface area contributed by atoms with Gasteiger partial charge >= 0.3 is 0 Å². The summed E-state index contributed by atoms with van der Waals surface area (Å²) in [6, 6.07) is 59.0. The maximum Gasteiger partial charge on any atom is 0.143 e. The molecule has 1 atom stereocenters. The summed E-state index contributed by atoms with van der Waals surface area (Å²) < 4.78 is 6.40. The highest BCUT2D eigenvalue weighted by atomic mass is 16.3. The molecule has 12 rings (SSSR count). The Labute approximate surface area is 312 Å². The van der Waals surface area contributed by atoms with Crippen LogP contribution in [0.3, 0.4) is 0 Å². The fourth-order valence-electron chi connectivity index (χ4n) is 9.91. The largest absolute Gasteiger partial charge is 0.455 e. The number of nitrogens with zero attached hydrogens (tertiary/aromatic N) is 2. The van der Waals surface area contributed by atoms with E-state index in [9.17, 15) is 0 Å². The number of fused-ring (bicyclic) bond motifs is 13. The Morgan fingerprint density at radius 2 is 1.09 bits per heavy atom. The standard InChI is InChI=1S/C51H32N2O/c1-6-22-42-34(13-1)35-14-2-7-23-43(35)51(42)44-24-8-3-15-36(44)38-19-12-21-41(47(38)51)50-52-45-25-9-4-17-40(45)48(53-50)32-29-27-31(28-30-32)33-18-11-20-39-37-16-5-10-26-46(37)54-49(33)39/h1-20,22-30,41H,21H2. The molecule has 0 N–H and O–H groups in total. The molecule has 54 heavy (non-hydrogen) atoms. The molecule has 0 saturated heterocycles. The first kappa shape index (κ1) is 29.7. The molecule has 2 heterocycles. The third-order valence-electron chi connectivity index (χ3n) is 12.1. The van der Waals surface area contributed by atoms with Gasteiger partial charge in [-0.2, -0.15) is 0 Å². The van der Waals surface area contributed by atoms with Gasteiger partial charge in [0.25, 0.3) is 0 Å². The lowest BCUT2D eigenvalue weighted by atomic mass is 9.65. The fraction of sp³-hybridized carbons (Fsp3) is 0.0588. The molecular formula is C51H32N2O. The predicted molar refractivity (Wildman–Crippen MR) is 219 cm³/mol. The predicted octanol–water partition coefficient (Wildman–Crippen LogP) is 12.7. The summed E-state index contributed by atoms with van der Waals surface area (Å²) >= 11 is 0. The fourth-order valence-corrected chi connectivity index (χ4v) is 9.91. The van der Waals surface area contributed by atoms with E-state index < -0.39 is 5.41 Å². The minimum Gasteiger partial charge on any atom is -0.455 e. The van der Waals surface area contributed by atoms with Crippen LogP contribution in [0.25, 0.3) is 71.9 Å². The van der Waals surface area contributed by atoms with Crippen LogP contribution in [0.2, 0.25) is 0 Å². The van der Waals surface area contributed by atoms with E-state index in [0.29, 0.717) is 0 Å². The molecule has 0 fully saturated rings. The number of para-hydroxylation sites is 3. The lowest BCUT2D eigenvalue weighted by molar-refractivity contribution is 0.632. The summed E-state index contributed by atoms with van der Waals surface area (Å²) in [5, 5.41) is 3.32. The van der Waals surface area contributed by atoms with Gasteiger partial charge in [-0.3, -0.25) is 0 Å². The van der Waals surface area contributed by atoms with Crippen molar-refractivity contribution in [1.82, 2.24) is 9.97 Å². The van der Waals surface area contributed by atoms with Gasteiger partial charge in [0.1, 0.15) is 17.0 Å². The highest BCUT2D eigenvalue weighted by molar-refractivity contribution is 6.09.